The summed E-state index contributed by atoms with van der Waals surface area (Å²) in [5.74, 6) is 1.53. The molecule has 0 radical (unpaired) electrons. The molecule has 1 heterocycles. The zero-order valence-corrected chi connectivity index (χ0v) is 18.4. The van der Waals surface area contributed by atoms with Crippen LogP contribution in [0, 0.1) is 0 Å². The molecular weight excluding hydrogens is 408 g/mol. The average Bonchev–Trinajstić information content (AvgIpc) is 3.11. The van der Waals surface area contributed by atoms with Crippen molar-refractivity contribution in [2.75, 3.05) is 42.2 Å². The SMILES string of the molecule is COCCn1c(=NC(=O)c2cc(OC)c(OC)c(OC)c2)sc2cc(OC)ccc21. The molecule has 2 aromatic carbocycles. The molecule has 9 heteroatoms. The van der Waals surface area contributed by atoms with Gasteiger partial charge in [0.1, 0.15) is 5.75 Å². The molecule has 0 fully saturated rings. The maximum Gasteiger partial charge on any atom is 0.279 e. The van der Waals surface area contributed by atoms with Gasteiger partial charge < -0.3 is 28.3 Å². The van der Waals surface area contributed by atoms with E-state index in [0.717, 1.165) is 16.0 Å². The lowest BCUT2D eigenvalue weighted by Crippen LogP contribution is -2.19. The second kappa shape index (κ2) is 9.64. The Balaban J connectivity index is 2.12. The molecule has 30 heavy (non-hydrogen) atoms. The first kappa shape index (κ1) is 21.7. The van der Waals surface area contributed by atoms with Crippen molar-refractivity contribution in [3.8, 4) is 23.0 Å². The lowest BCUT2D eigenvalue weighted by Gasteiger charge is -2.12. The van der Waals surface area contributed by atoms with Crippen LogP contribution >= 0.6 is 11.3 Å². The maximum absolute atomic E-state index is 13.0. The number of fused-ring (bicyclic) bond motifs is 1. The number of aromatic nitrogens is 1. The highest BCUT2D eigenvalue weighted by Gasteiger charge is 2.17. The Morgan fingerprint density at radius 2 is 1.67 bits per heavy atom. The zero-order chi connectivity index (χ0) is 21.7. The molecule has 0 unspecified atom stereocenters. The Labute approximate surface area is 178 Å². The first-order valence-corrected chi connectivity index (χ1v) is 9.93. The third kappa shape index (κ3) is 4.27. The van der Waals surface area contributed by atoms with Crippen molar-refractivity contribution in [1.29, 1.82) is 0 Å². The maximum atomic E-state index is 13.0. The molecule has 3 rings (SSSR count). The summed E-state index contributed by atoms with van der Waals surface area (Å²) >= 11 is 1.41. The van der Waals surface area contributed by atoms with Gasteiger partial charge in [0.15, 0.2) is 16.3 Å². The Hall–Kier alpha value is -3.04. The Morgan fingerprint density at radius 3 is 2.23 bits per heavy atom. The van der Waals surface area contributed by atoms with E-state index in [1.54, 1.807) is 26.4 Å². The number of ether oxygens (including phenoxy) is 5. The molecule has 0 aliphatic heterocycles. The number of nitrogens with zero attached hydrogens (tertiary/aromatic N) is 2. The Bertz CT molecular complexity index is 1090. The minimum Gasteiger partial charge on any atom is -0.497 e. The highest BCUT2D eigenvalue weighted by Crippen LogP contribution is 2.38. The lowest BCUT2D eigenvalue weighted by atomic mass is 10.1. The van der Waals surface area contributed by atoms with E-state index in [4.69, 9.17) is 23.7 Å². The molecule has 8 nitrogen and oxygen atoms in total. The van der Waals surface area contributed by atoms with E-state index in [2.05, 4.69) is 4.99 Å². The molecule has 160 valence electrons. The molecule has 0 saturated carbocycles. The van der Waals surface area contributed by atoms with Crippen LogP contribution in [0.15, 0.2) is 35.3 Å². The molecular formula is C21H24N2O6S. The van der Waals surface area contributed by atoms with Crippen molar-refractivity contribution in [2.24, 2.45) is 4.99 Å². The molecule has 1 amide bonds. The van der Waals surface area contributed by atoms with Crippen molar-refractivity contribution < 1.29 is 28.5 Å². The predicted octanol–water partition coefficient (Wildman–Crippen LogP) is 3.12. The van der Waals surface area contributed by atoms with Crippen molar-refractivity contribution in [3.63, 3.8) is 0 Å². The minimum absolute atomic E-state index is 0.331. The molecule has 0 bridgehead atoms. The summed E-state index contributed by atoms with van der Waals surface area (Å²) in [6, 6.07) is 8.92. The van der Waals surface area contributed by atoms with Gasteiger partial charge in [-0.25, -0.2) is 0 Å². The molecule has 0 aliphatic carbocycles. The van der Waals surface area contributed by atoms with Crippen molar-refractivity contribution in [1.82, 2.24) is 4.57 Å². The van der Waals surface area contributed by atoms with Crippen molar-refractivity contribution >= 4 is 27.5 Å². The lowest BCUT2D eigenvalue weighted by molar-refractivity contribution is 0.0996. The van der Waals surface area contributed by atoms with Crippen LogP contribution in [0.25, 0.3) is 10.2 Å². The van der Waals surface area contributed by atoms with Gasteiger partial charge in [0, 0.05) is 19.2 Å². The fraction of sp³-hybridized carbons (Fsp3) is 0.333. The van der Waals surface area contributed by atoms with Crippen molar-refractivity contribution in [2.45, 2.75) is 6.54 Å². The topological polar surface area (TPSA) is 80.5 Å². The summed E-state index contributed by atoms with van der Waals surface area (Å²) in [7, 11) is 7.76. The van der Waals surface area contributed by atoms with E-state index in [0.29, 0.717) is 40.8 Å². The van der Waals surface area contributed by atoms with E-state index < -0.39 is 5.91 Å². The molecule has 0 N–H and O–H groups in total. The monoisotopic (exact) mass is 432 g/mol. The first-order chi connectivity index (χ1) is 14.6. The minimum atomic E-state index is -0.418. The zero-order valence-electron chi connectivity index (χ0n) is 17.6. The number of amides is 1. The van der Waals surface area contributed by atoms with Gasteiger partial charge in [-0.05, 0) is 30.3 Å². The second-order valence-electron chi connectivity index (χ2n) is 6.19. The van der Waals surface area contributed by atoms with Gasteiger partial charge in [0.05, 0.1) is 45.3 Å². The third-order valence-electron chi connectivity index (χ3n) is 4.52. The van der Waals surface area contributed by atoms with Crippen LogP contribution in [0.3, 0.4) is 0 Å². The van der Waals surface area contributed by atoms with Crippen LogP contribution in [0.2, 0.25) is 0 Å². The van der Waals surface area contributed by atoms with Gasteiger partial charge in [0.25, 0.3) is 5.91 Å². The molecule has 1 aromatic heterocycles. The van der Waals surface area contributed by atoms with Gasteiger partial charge >= 0.3 is 0 Å². The molecule has 0 spiro atoms. The molecule has 3 aromatic rings. The number of rotatable bonds is 8. The predicted molar refractivity (Wildman–Crippen MR) is 114 cm³/mol. The summed E-state index contributed by atoms with van der Waals surface area (Å²) < 4.78 is 29.4. The third-order valence-corrected chi connectivity index (χ3v) is 5.56. The van der Waals surface area contributed by atoms with Crippen LogP contribution in [0.5, 0.6) is 23.0 Å². The van der Waals surface area contributed by atoms with Gasteiger partial charge in [0.2, 0.25) is 5.75 Å². The van der Waals surface area contributed by atoms with E-state index in [-0.39, 0.29) is 0 Å². The Morgan fingerprint density at radius 1 is 0.967 bits per heavy atom. The fourth-order valence-electron chi connectivity index (χ4n) is 3.02. The average molecular weight is 432 g/mol. The number of methoxy groups -OCH3 is 5. The number of benzene rings is 2. The standard InChI is InChI=1S/C21H24N2O6S/c1-25-9-8-23-15-7-6-14(26-2)12-18(15)30-21(23)22-20(24)13-10-16(27-3)19(29-5)17(11-13)28-4/h6-7,10-12H,8-9H2,1-5H3. The second-order valence-corrected chi connectivity index (χ2v) is 7.20. The summed E-state index contributed by atoms with van der Waals surface area (Å²) in [5, 5.41) is 0. The number of carbonyl (C=O) groups is 1. The van der Waals surface area contributed by atoms with Gasteiger partial charge in [-0.2, -0.15) is 4.99 Å². The van der Waals surface area contributed by atoms with Gasteiger partial charge in [-0.1, -0.05) is 11.3 Å². The number of carbonyl (C=O) groups excluding carboxylic acids is 1. The van der Waals surface area contributed by atoms with Crippen LogP contribution in [-0.4, -0.2) is 52.6 Å². The van der Waals surface area contributed by atoms with Crippen LogP contribution in [0.4, 0.5) is 0 Å². The van der Waals surface area contributed by atoms with E-state index >= 15 is 0 Å². The summed E-state index contributed by atoms with van der Waals surface area (Å²) in [6.07, 6.45) is 0. The van der Waals surface area contributed by atoms with E-state index in [1.807, 2.05) is 22.8 Å². The van der Waals surface area contributed by atoms with Crippen LogP contribution < -0.4 is 23.7 Å². The quantitative estimate of drug-likeness (QED) is 0.544. The summed E-state index contributed by atoms with van der Waals surface area (Å²) in [4.78, 5) is 17.9. The summed E-state index contributed by atoms with van der Waals surface area (Å²) in [5.41, 5.74) is 1.28. The van der Waals surface area contributed by atoms with E-state index in [1.165, 1.54) is 32.7 Å². The smallest absolute Gasteiger partial charge is 0.279 e. The molecule has 0 aliphatic rings. The summed E-state index contributed by atoms with van der Waals surface area (Å²) in [6.45, 7) is 1.05. The largest absolute Gasteiger partial charge is 0.497 e. The highest BCUT2D eigenvalue weighted by atomic mass is 32.1. The van der Waals surface area contributed by atoms with Crippen molar-refractivity contribution in [3.05, 3.63) is 40.7 Å². The molecule has 0 saturated heterocycles. The number of hydrogen-bond donors (Lipinski definition) is 0. The van der Waals surface area contributed by atoms with Gasteiger partial charge in [-0.15, -0.1) is 0 Å². The van der Waals surface area contributed by atoms with Crippen LogP contribution in [0.1, 0.15) is 10.4 Å². The number of hydrogen-bond acceptors (Lipinski definition) is 7. The normalized spacial score (nSPS) is 11.6. The van der Waals surface area contributed by atoms with Gasteiger partial charge in [-0.3, -0.25) is 4.79 Å². The fourth-order valence-corrected chi connectivity index (χ4v) is 4.10. The highest BCUT2D eigenvalue weighted by molar-refractivity contribution is 7.16. The number of thiazole rings is 1. The first-order valence-electron chi connectivity index (χ1n) is 9.11. The molecule has 0 atom stereocenters. The van der Waals surface area contributed by atoms with E-state index in [9.17, 15) is 4.79 Å². The Kier molecular flexibility index (Phi) is 6.96. The van der Waals surface area contributed by atoms with Crippen LogP contribution in [-0.2, 0) is 11.3 Å².